The summed E-state index contributed by atoms with van der Waals surface area (Å²) in [6.07, 6.45) is 0.675. The first kappa shape index (κ1) is 12.6. The Hall–Kier alpha value is -1.84. The van der Waals surface area contributed by atoms with Gasteiger partial charge in [0, 0.05) is 19.5 Å². The van der Waals surface area contributed by atoms with Crippen molar-refractivity contribution < 1.29 is 14.7 Å². The van der Waals surface area contributed by atoms with Gasteiger partial charge in [-0.3, -0.25) is 9.59 Å². The van der Waals surface area contributed by atoms with E-state index in [0.29, 0.717) is 19.5 Å². The molecule has 1 saturated heterocycles. The van der Waals surface area contributed by atoms with E-state index in [1.54, 1.807) is 4.90 Å². The summed E-state index contributed by atoms with van der Waals surface area (Å²) in [6.45, 7) is 3.13. The van der Waals surface area contributed by atoms with Crippen molar-refractivity contribution in [2.75, 3.05) is 6.54 Å². The normalized spacial score (nSPS) is 19.9. The Morgan fingerprint density at radius 1 is 1.44 bits per heavy atom. The number of amides is 1. The van der Waals surface area contributed by atoms with Crippen LogP contribution in [-0.2, 0) is 16.1 Å². The van der Waals surface area contributed by atoms with Crippen molar-refractivity contribution in [3.63, 3.8) is 0 Å². The molecule has 4 nitrogen and oxygen atoms in total. The number of rotatable bonds is 3. The fourth-order valence-electron chi connectivity index (χ4n) is 2.25. The first-order chi connectivity index (χ1) is 8.58. The number of likely N-dealkylation sites (tertiary alicyclic amines) is 1. The van der Waals surface area contributed by atoms with Crippen molar-refractivity contribution in [3.05, 3.63) is 35.4 Å². The van der Waals surface area contributed by atoms with Crippen LogP contribution >= 0.6 is 0 Å². The van der Waals surface area contributed by atoms with Crippen LogP contribution < -0.4 is 0 Å². The molecule has 4 heteroatoms. The maximum absolute atomic E-state index is 11.9. The smallest absolute Gasteiger partial charge is 0.307 e. The molecule has 0 aromatic heterocycles. The van der Waals surface area contributed by atoms with E-state index in [1.165, 1.54) is 0 Å². The van der Waals surface area contributed by atoms with Crippen molar-refractivity contribution in [1.82, 2.24) is 4.90 Å². The number of benzene rings is 1. The number of hydrogen-bond donors (Lipinski definition) is 1. The third kappa shape index (κ3) is 2.70. The first-order valence-corrected chi connectivity index (χ1v) is 6.13. The van der Waals surface area contributed by atoms with Crippen LogP contribution in [0.1, 0.15) is 24.0 Å². The van der Waals surface area contributed by atoms with Crippen molar-refractivity contribution in [3.8, 4) is 0 Å². The minimum atomic E-state index is -0.862. The summed E-state index contributed by atoms with van der Waals surface area (Å²) in [7, 11) is 0. The van der Waals surface area contributed by atoms with Crippen LogP contribution in [0.2, 0.25) is 0 Å². The number of carbonyl (C=O) groups is 2. The first-order valence-electron chi connectivity index (χ1n) is 6.13. The lowest BCUT2D eigenvalue weighted by Crippen LogP contribution is -2.40. The van der Waals surface area contributed by atoms with Gasteiger partial charge in [0.15, 0.2) is 0 Å². The summed E-state index contributed by atoms with van der Waals surface area (Å²) >= 11 is 0. The van der Waals surface area contributed by atoms with E-state index in [1.807, 2.05) is 31.2 Å². The summed E-state index contributed by atoms with van der Waals surface area (Å²) in [6, 6.07) is 7.95. The zero-order valence-corrected chi connectivity index (χ0v) is 10.4. The molecule has 0 spiro atoms. The Labute approximate surface area is 106 Å². The highest BCUT2D eigenvalue weighted by molar-refractivity contribution is 5.83. The number of aryl methyl sites for hydroxylation is 1. The zero-order chi connectivity index (χ0) is 13.1. The third-order valence-corrected chi connectivity index (χ3v) is 3.49. The molecule has 0 aliphatic carbocycles. The van der Waals surface area contributed by atoms with E-state index in [9.17, 15) is 9.59 Å². The summed E-state index contributed by atoms with van der Waals surface area (Å²) in [5.74, 6) is -1.43. The lowest BCUT2D eigenvalue weighted by Gasteiger charge is -2.30. The molecule has 1 unspecified atom stereocenters. The zero-order valence-electron chi connectivity index (χ0n) is 10.4. The second-order valence-electron chi connectivity index (χ2n) is 4.77. The molecule has 96 valence electrons. The maximum Gasteiger partial charge on any atom is 0.307 e. The Morgan fingerprint density at radius 3 is 2.78 bits per heavy atom. The van der Waals surface area contributed by atoms with Gasteiger partial charge in [-0.15, -0.1) is 0 Å². The number of carboxylic acid groups (broad SMARTS) is 1. The van der Waals surface area contributed by atoms with Gasteiger partial charge in [-0.25, -0.2) is 0 Å². The van der Waals surface area contributed by atoms with Crippen LogP contribution in [0.3, 0.4) is 0 Å². The molecule has 1 aromatic carbocycles. The molecule has 0 radical (unpaired) electrons. The van der Waals surface area contributed by atoms with E-state index < -0.39 is 11.9 Å². The molecule has 0 saturated carbocycles. The molecule has 1 heterocycles. The summed E-state index contributed by atoms with van der Waals surface area (Å²) < 4.78 is 0. The molecule has 1 amide bonds. The number of carboxylic acids is 1. The van der Waals surface area contributed by atoms with E-state index in [0.717, 1.165) is 11.1 Å². The number of aliphatic carboxylic acids is 1. The third-order valence-electron chi connectivity index (χ3n) is 3.49. The summed E-state index contributed by atoms with van der Waals surface area (Å²) in [5.41, 5.74) is 2.28. The van der Waals surface area contributed by atoms with E-state index >= 15 is 0 Å². The Bertz CT molecular complexity index is 470. The monoisotopic (exact) mass is 247 g/mol. The van der Waals surface area contributed by atoms with Gasteiger partial charge in [-0.2, -0.15) is 0 Å². The van der Waals surface area contributed by atoms with Crippen molar-refractivity contribution in [1.29, 1.82) is 0 Å². The van der Waals surface area contributed by atoms with Gasteiger partial charge in [0.1, 0.15) is 0 Å². The molecular formula is C14H17NO3. The standard InChI is InChI=1S/C14H17NO3/c1-10-4-2-3-5-12(10)9-15-7-6-11(14(17)18)8-13(15)16/h2-5,11H,6-9H2,1H3,(H,17,18). The molecule has 1 atom stereocenters. The average Bonchev–Trinajstić information content (AvgIpc) is 2.34. The molecular weight excluding hydrogens is 230 g/mol. The molecule has 1 fully saturated rings. The van der Waals surface area contributed by atoms with Crippen LogP contribution in [0.25, 0.3) is 0 Å². The fraction of sp³-hybridized carbons (Fsp3) is 0.429. The van der Waals surface area contributed by atoms with Gasteiger partial charge in [0.2, 0.25) is 5.91 Å². The summed E-state index contributed by atoms with van der Waals surface area (Å²) in [5, 5.41) is 8.91. The van der Waals surface area contributed by atoms with Crippen molar-refractivity contribution in [2.45, 2.75) is 26.3 Å². The Kier molecular flexibility index (Phi) is 3.65. The van der Waals surface area contributed by atoms with E-state index in [-0.39, 0.29) is 12.3 Å². The van der Waals surface area contributed by atoms with Gasteiger partial charge in [-0.05, 0) is 24.5 Å². The largest absolute Gasteiger partial charge is 0.481 e. The molecule has 0 bridgehead atoms. The summed E-state index contributed by atoms with van der Waals surface area (Å²) in [4.78, 5) is 24.5. The van der Waals surface area contributed by atoms with Gasteiger partial charge in [0.25, 0.3) is 0 Å². The highest BCUT2D eigenvalue weighted by Gasteiger charge is 2.30. The Balaban J connectivity index is 2.02. The van der Waals surface area contributed by atoms with Gasteiger partial charge in [-0.1, -0.05) is 24.3 Å². The molecule has 1 N–H and O–H groups in total. The average molecular weight is 247 g/mol. The SMILES string of the molecule is Cc1ccccc1CN1CCC(C(=O)O)CC1=O. The lowest BCUT2D eigenvalue weighted by atomic mass is 9.96. The number of piperidine rings is 1. The second-order valence-corrected chi connectivity index (χ2v) is 4.77. The van der Waals surface area contributed by atoms with Crippen LogP contribution in [-0.4, -0.2) is 28.4 Å². The van der Waals surface area contributed by atoms with Crippen molar-refractivity contribution in [2.24, 2.45) is 5.92 Å². The van der Waals surface area contributed by atoms with Gasteiger partial charge < -0.3 is 10.0 Å². The van der Waals surface area contributed by atoms with Gasteiger partial charge in [0.05, 0.1) is 5.92 Å². The number of nitrogens with zero attached hydrogens (tertiary/aromatic N) is 1. The number of carbonyl (C=O) groups excluding carboxylic acids is 1. The van der Waals surface area contributed by atoms with Crippen molar-refractivity contribution >= 4 is 11.9 Å². The van der Waals surface area contributed by atoms with Crippen LogP contribution in [0, 0.1) is 12.8 Å². The predicted molar refractivity (Wildman–Crippen MR) is 67.0 cm³/mol. The minimum Gasteiger partial charge on any atom is -0.481 e. The molecule has 1 aliphatic heterocycles. The molecule has 1 aromatic rings. The maximum atomic E-state index is 11.9. The molecule has 2 rings (SSSR count). The van der Waals surface area contributed by atoms with Crippen LogP contribution in [0.15, 0.2) is 24.3 Å². The minimum absolute atomic E-state index is 0.0584. The lowest BCUT2D eigenvalue weighted by molar-refractivity contribution is -0.149. The van der Waals surface area contributed by atoms with Crippen LogP contribution in [0.5, 0.6) is 0 Å². The molecule has 1 aliphatic rings. The van der Waals surface area contributed by atoms with Crippen LogP contribution in [0.4, 0.5) is 0 Å². The fourth-order valence-corrected chi connectivity index (χ4v) is 2.25. The number of hydrogen-bond acceptors (Lipinski definition) is 2. The molecule has 18 heavy (non-hydrogen) atoms. The van der Waals surface area contributed by atoms with E-state index in [2.05, 4.69) is 0 Å². The van der Waals surface area contributed by atoms with Gasteiger partial charge >= 0.3 is 5.97 Å². The highest BCUT2D eigenvalue weighted by Crippen LogP contribution is 2.21. The quantitative estimate of drug-likeness (QED) is 0.886. The highest BCUT2D eigenvalue weighted by atomic mass is 16.4. The second kappa shape index (κ2) is 5.21. The topological polar surface area (TPSA) is 57.6 Å². The predicted octanol–water partition coefficient (Wildman–Crippen LogP) is 1.82. The van der Waals surface area contributed by atoms with E-state index in [4.69, 9.17) is 5.11 Å². The Morgan fingerprint density at radius 2 is 2.17 bits per heavy atom.